The number of nitrogens with zero attached hydrogens (tertiary/aromatic N) is 1. The number of alkyl halides is 3. The van der Waals surface area contributed by atoms with Gasteiger partial charge < -0.3 is 5.11 Å². The average Bonchev–Trinajstić information content (AvgIpc) is 2.24. The minimum absolute atomic E-state index is 0.173. The largest absolute Gasteiger partial charge is 0.433 e. The fourth-order valence-electron chi connectivity index (χ4n) is 2.59. The monoisotopic (exact) mass is 323 g/mol. The van der Waals surface area contributed by atoms with Crippen LogP contribution in [-0.4, -0.2) is 10.1 Å². The molecule has 0 fully saturated rings. The van der Waals surface area contributed by atoms with Crippen LogP contribution in [0.25, 0.3) is 0 Å². The van der Waals surface area contributed by atoms with Crippen molar-refractivity contribution in [1.82, 2.24) is 4.98 Å². The first kappa shape index (κ1) is 18.2. The van der Waals surface area contributed by atoms with Crippen LogP contribution in [0, 0.1) is 11.8 Å². The fraction of sp³-hybridized carbons (Fsp3) is 0.667. The van der Waals surface area contributed by atoms with Crippen LogP contribution in [0.3, 0.4) is 0 Å². The van der Waals surface area contributed by atoms with E-state index in [-0.39, 0.29) is 22.6 Å². The van der Waals surface area contributed by atoms with E-state index in [2.05, 4.69) is 4.98 Å². The van der Waals surface area contributed by atoms with Crippen LogP contribution in [0.2, 0.25) is 5.15 Å². The standard InChI is InChI=1S/C15H21ClF3NO/c1-9(2)7-14(21,8-10(3)4)11-5-6-12(15(17,18)19)20-13(11)16/h5-6,9-10,21H,7-8H2,1-4H3. The molecule has 6 heteroatoms. The lowest BCUT2D eigenvalue weighted by Crippen LogP contribution is -2.30. The fourth-order valence-corrected chi connectivity index (χ4v) is 2.92. The first-order valence-corrected chi connectivity index (χ1v) is 7.30. The van der Waals surface area contributed by atoms with Gasteiger partial charge in [-0.2, -0.15) is 13.2 Å². The molecule has 21 heavy (non-hydrogen) atoms. The summed E-state index contributed by atoms with van der Waals surface area (Å²) >= 11 is 5.92. The highest BCUT2D eigenvalue weighted by atomic mass is 35.5. The van der Waals surface area contributed by atoms with Gasteiger partial charge in [-0.3, -0.25) is 0 Å². The molecule has 0 aliphatic carbocycles. The molecule has 0 saturated carbocycles. The van der Waals surface area contributed by atoms with Crippen molar-refractivity contribution in [2.75, 3.05) is 0 Å². The molecule has 0 bridgehead atoms. The zero-order chi connectivity index (χ0) is 16.4. The molecule has 0 aromatic carbocycles. The third-order valence-corrected chi connectivity index (χ3v) is 3.42. The molecule has 0 aliphatic rings. The summed E-state index contributed by atoms with van der Waals surface area (Å²) in [6.07, 6.45) is -3.72. The average molecular weight is 324 g/mol. The van der Waals surface area contributed by atoms with E-state index < -0.39 is 17.5 Å². The van der Waals surface area contributed by atoms with Gasteiger partial charge in [-0.25, -0.2) is 4.98 Å². The Bertz CT molecular complexity index is 476. The summed E-state index contributed by atoms with van der Waals surface area (Å²) in [5.74, 6) is 0.346. The van der Waals surface area contributed by atoms with Crippen LogP contribution < -0.4 is 0 Å². The summed E-state index contributed by atoms with van der Waals surface area (Å²) in [6, 6.07) is 2.11. The second-order valence-corrected chi connectivity index (χ2v) is 6.62. The van der Waals surface area contributed by atoms with Crippen LogP contribution in [0.5, 0.6) is 0 Å². The molecular weight excluding hydrogens is 303 g/mol. The molecule has 1 aromatic heterocycles. The zero-order valence-corrected chi connectivity index (χ0v) is 13.4. The number of aromatic nitrogens is 1. The van der Waals surface area contributed by atoms with Crippen molar-refractivity contribution in [1.29, 1.82) is 0 Å². The number of halogens is 4. The zero-order valence-electron chi connectivity index (χ0n) is 12.6. The van der Waals surface area contributed by atoms with Crippen molar-refractivity contribution in [2.45, 2.75) is 52.3 Å². The Kier molecular flexibility index (Phi) is 5.67. The van der Waals surface area contributed by atoms with Gasteiger partial charge in [-0.05, 0) is 30.7 Å². The predicted molar refractivity (Wildman–Crippen MR) is 77.1 cm³/mol. The number of rotatable bonds is 5. The van der Waals surface area contributed by atoms with E-state index in [9.17, 15) is 18.3 Å². The molecular formula is C15H21ClF3NO. The summed E-state index contributed by atoms with van der Waals surface area (Å²) in [7, 11) is 0. The summed E-state index contributed by atoms with van der Waals surface area (Å²) in [6.45, 7) is 7.76. The maximum Gasteiger partial charge on any atom is 0.433 e. The summed E-state index contributed by atoms with van der Waals surface area (Å²) in [5.41, 5.74) is -2.05. The van der Waals surface area contributed by atoms with E-state index in [1.807, 2.05) is 27.7 Å². The Morgan fingerprint density at radius 1 is 1.10 bits per heavy atom. The molecule has 2 nitrogen and oxygen atoms in total. The molecule has 0 spiro atoms. The van der Waals surface area contributed by atoms with Crippen molar-refractivity contribution < 1.29 is 18.3 Å². The van der Waals surface area contributed by atoms with E-state index in [0.29, 0.717) is 12.8 Å². The van der Waals surface area contributed by atoms with Crippen LogP contribution in [0.4, 0.5) is 13.2 Å². The Balaban J connectivity index is 3.26. The lowest BCUT2D eigenvalue weighted by atomic mass is 9.80. The molecule has 1 N–H and O–H groups in total. The highest BCUT2D eigenvalue weighted by molar-refractivity contribution is 6.30. The maximum absolute atomic E-state index is 12.6. The molecule has 0 radical (unpaired) electrons. The van der Waals surface area contributed by atoms with Gasteiger partial charge in [0.2, 0.25) is 0 Å². The third kappa shape index (κ3) is 4.85. The van der Waals surface area contributed by atoms with Gasteiger partial charge in [0.05, 0.1) is 5.60 Å². The molecule has 0 unspecified atom stereocenters. The van der Waals surface area contributed by atoms with Gasteiger partial charge in [-0.1, -0.05) is 45.4 Å². The predicted octanol–water partition coefficient (Wildman–Crippen LogP) is 5.03. The van der Waals surface area contributed by atoms with Crippen molar-refractivity contribution in [3.05, 3.63) is 28.5 Å². The lowest BCUT2D eigenvalue weighted by Gasteiger charge is -2.32. The Morgan fingerprint density at radius 2 is 1.57 bits per heavy atom. The molecule has 120 valence electrons. The summed E-state index contributed by atoms with van der Waals surface area (Å²) < 4.78 is 37.9. The second kappa shape index (κ2) is 6.53. The molecule has 0 saturated heterocycles. The molecule has 1 rings (SSSR count). The van der Waals surface area contributed by atoms with Crippen LogP contribution in [0.1, 0.15) is 51.8 Å². The number of pyridine rings is 1. The van der Waals surface area contributed by atoms with Crippen LogP contribution in [-0.2, 0) is 11.8 Å². The second-order valence-electron chi connectivity index (χ2n) is 6.26. The highest BCUT2D eigenvalue weighted by Gasteiger charge is 2.37. The Morgan fingerprint density at radius 3 is 1.90 bits per heavy atom. The van der Waals surface area contributed by atoms with Crippen molar-refractivity contribution in [3.8, 4) is 0 Å². The first-order valence-electron chi connectivity index (χ1n) is 6.92. The minimum atomic E-state index is -4.55. The lowest BCUT2D eigenvalue weighted by molar-refractivity contribution is -0.141. The van der Waals surface area contributed by atoms with Crippen LogP contribution in [0.15, 0.2) is 12.1 Å². The van der Waals surface area contributed by atoms with Gasteiger partial charge >= 0.3 is 6.18 Å². The van der Waals surface area contributed by atoms with Crippen molar-refractivity contribution in [2.24, 2.45) is 11.8 Å². The van der Waals surface area contributed by atoms with E-state index in [1.165, 1.54) is 6.07 Å². The SMILES string of the molecule is CC(C)CC(O)(CC(C)C)c1ccc(C(F)(F)F)nc1Cl. The Hall–Kier alpha value is -0.810. The van der Waals surface area contributed by atoms with Gasteiger partial charge in [0, 0.05) is 5.56 Å². The molecule has 1 aromatic rings. The summed E-state index contributed by atoms with van der Waals surface area (Å²) in [5, 5.41) is 10.6. The molecule has 1 heterocycles. The minimum Gasteiger partial charge on any atom is -0.385 e. The summed E-state index contributed by atoms with van der Waals surface area (Å²) in [4.78, 5) is 3.41. The van der Waals surface area contributed by atoms with Crippen LogP contribution >= 0.6 is 11.6 Å². The van der Waals surface area contributed by atoms with Crippen molar-refractivity contribution in [3.63, 3.8) is 0 Å². The van der Waals surface area contributed by atoms with E-state index in [0.717, 1.165) is 6.07 Å². The van der Waals surface area contributed by atoms with Gasteiger partial charge in [0.15, 0.2) is 0 Å². The highest BCUT2D eigenvalue weighted by Crippen LogP contribution is 2.39. The number of hydrogen-bond acceptors (Lipinski definition) is 2. The van der Waals surface area contributed by atoms with E-state index >= 15 is 0 Å². The van der Waals surface area contributed by atoms with E-state index in [1.54, 1.807) is 0 Å². The topological polar surface area (TPSA) is 33.1 Å². The quantitative estimate of drug-likeness (QED) is 0.771. The maximum atomic E-state index is 12.6. The smallest absolute Gasteiger partial charge is 0.385 e. The Labute approximate surface area is 128 Å². The van der Waals surface area contributed by atoms with Gasteiger partial charge in [0.25, 0.3) is 0 Å². The molecule has 0 amide bonds. The normalized spacial score (nSPS) is 13.3. The first-order chi connectivity index (χ1) is 9.45. The van der Waals surface area contributed by atoms with Gasteiger partial charge in [-0.15, -0.1) is 0 Å². The number of hydrogen-bond donors (Lipinski definition) is 1. The third-order valence-electron chi connectivity index (χ3n) is 3.13. The van der Waals surface area contributed by atoms with E-state index in [4.69, 9.17) is 11.6 Å². The molecule has 0 atom stereocenters. The molecule has 0 aliphatic heterocycles. The van der Waals surface area contributed by atoms with Gasteiger partial charge in [0.1, 0.15) is 10.8 Å². The van der Waals surface area contributed by atoms with Crippen molar-refractivity contribution >= 4 is 11.6 Å². The number of aliphatic hydroxyl groups is 1.